The number of carbonyl (C=O) groups is 2. The molecule has 2 heterocycles. The third kappa shape index (κ3) is 5.76. The Bertz CT molecular complexity index is 1220. The van der Waals surface area contributed by atoms with Crippen molar-refractivity contribution in [2.75, 3.05) is 33.3 Å². The maximum atomic E-state index is 16.9. The summed E-state index contributed by atoms with van der Waals surface area (Å²) < 4.78 is 61.7. The molecule has 0 spiro atoms. The molecule has 0 saturated carbocycles. The summed E-state index contributed by atoms with van der Waals surface area (Å²) in [5.41, 5.74) is 2.93. The standard InChI is InChI=1S/C29H35F4N3O3/c1-27(2,3)36-16-24(19-5-8-21(39-4)9-6-19)28(30,17-36)26(38)35-13-11-18(12-14-35)22-10-7-20(29(31,32)33)15-23(22)25(34)37/h5-10,15,18,24H,11-14,16-17H2,1-4H3,(H2,34,37)/t24-,28-/m0/s1. The van der Waals surface area contributed by atoms with Crippen LogP contribution in [0.25, 0.3) is 0 Å². The van der Waals surface area contributed by atoms with Gasteiger partial charge in [0.2, 0.25) is 11.6 Å². The van der Waals surface area contributed by atoms with E-state index in [0.717, 1.165) is 12.1 Å². The van der Waals surface area contributed by atoms with Gasteiger partial charge in [-0.15, -0.1) is 0 Å². The summed E-state index contributed by atoms with van der Waals surface area (Å²) in [4.78, 5) is 29.2. The number of methoxy groups -OCH3 is 1. The molecule has 4 rings (SSSR count). The number of nitrogens with zero attached hydrogens (tertiary/aromatic N) is 2. The van der Waals surface area contributed by atoms with Gasteiger partial charge in [0.25, 0.3) is 5.91 Å². The highest BCUT2D eigenvalue weighted by Crippen LogP contribution is 2.44. The second-order valence-corrected chi connectivity index (χ2v) is 11.5. The third-order valence-electron chi connectivity index (χ3n) is 8.07. The maximum absolute atomic E-state index is 16.9. The fraction of sp³-hybridized carbons (Fsp3) is 0.517. The quantitative estimate of drug-likeness (QED) is 0.525. The van der Waals surface area contributed by atoms with Gasteiger partial charge < -0.3 is 15.4 Å². The number of likely N-dealkylation sites (tertiary alicyclic amines) is 2. The van der Waals surface area contributed by atoms with Crippen LogP contribution in [-0.2, 0) is 11.0 Å². The molecule has 0 unspecified atom stereocenters. The van der Waals surface area contributed by atoms with Crippen molar-refractivity contribution in [2.45, 2.75) is 62.8 Å². The minimum Gasteiger partial charge on any atom is -0.497 e. The predicted octanol–water partition coefficient (Wildman–Crippen LogP) is 5.13. The number of benzene rings is 2. The number of hydrogen-bond donors (Lipinski definition) is 1. The number of alkyl halides is 4. The molecule has 39 heavy (non-hydrogen) atoms. The van der Waals surface area contributed by atoms with Gasteiger partial charge in [0, 0.05) is 43.2 Å². The van der Waals surface area contributed by atoms with Gasteiger partial charge in [-0.2, -0.15) is 13.2 Å². The number of amides is 2. The second kappa shape index (κ2) is 10.4. The lowest BCUT2D eigenvalue weighted by atomic mass is 9.82. The fourth-order valence-corrected chi connectivity index (χ4v) is 5.71. The number of halogens is 4. The number of carbonyl (C=O) groups excluding carboxylic acids is 2. The zero-order chi connectivity index (χ0) is 28.8. The zero-order valence-corrected chi connectivity index (χ0v) is 22.6. The smallest absolute Gasteiger partial charge is 0.416 e. The third-order valence-corrected chi connectivity index (χ3v) is 8.07. The average Bonchev–Trinajstić information content (AvgIpc) is 3.26. The first-order valence-electron chi connectivity index (χ1n) is 13.0. The molecule has 2 aliphatic rings. The van der Waals surface area contributed by atoms with Crippen LogP contribution in [0.15, 0.2) is 42.5 Å². The van der Waals surface area contributed by atoms with Crippen molar-refractivity contribution in [3.63, 3.8) is 0 Å². The molecule has 6 nitrogen and oxygen atoms in total. The molecule has 2 aromatic carbocycles. The Hall–Kier alpha value is -3.14. The number of primary amides is 1. The van der Waals surface area contributed by atoms with E-state index in [1.54, 1.807) is 31.4 Å². The molecule has 10 heteroatoms. The van der Waals surface area contributed by atoms with Gasteiger partial charge in [-0.05, 0) is 74.9 Å². The molecule has 212 valence electrons. The van der Waals surface area contributed by atoms with Crippen LogP contribution >= 0.6 is 0 Å². The molecule has 0 bridgehead atoms. The Kier molecular flexibility index (Phi) is 7.73. The van der Waals surface area contributed by atoms with E-state index in [9.17, 15) is 22.8 Å². The monoisotopic (exact) mass is 549 g/mol. The van der Waals surface area contributed by atoms with Gasteiger partial charge >= 0.3 is 6.18 Å². The van der Waals surface area contributed by atoms with E-state index < -0.39 is 35.1 Å². The van der Waals surface area contributed by atoms with E-state index in [0.29, 0.717) is 36.3 Å². The largest absolute Gasteiger partial charge is 0.497 e. The first-order chi connectivity index (χ1) is 18.1. The highest BCUT2D eigenvalue weighted by atomic mass is 19.4. The van der Waals surface area contributed by atoms with Crippen LogP contribution in [0.4, 0.5) is 17.6 Å². The molecule has 2 saturated heterocycles. The van der Waals surface area contributed by atoms with E-state index in [-0.39, 0.29) is 36.7 Å². The van der Waals surface area contributed by atoms with Crippen molar-refractivity contribution in [3.8, 4) is 5.75 Å². The molecule has 2 amide bonds. The van der Waals surface area contributed by atoms with E-state index in [2.05, 4.69) is 0 Å². The molecule has 0 radical (unpaired) electrons. The maximum Gasteiger partial charge on any atom is 0.416 e. The Balaban J connectivity index is 1.55. The molecule has 0 aliphatic carbocycles. The molecule has 2 N–H and O–H groups in total. The number of piperidine rings is 1. The summed E-state index contributed by atoms with van der Waals surface area (Å²) in [7, 11) is 1.55. The summed E-state index contributed by atoms with van der Waals surface area (Å²) in [5.74, 6) is -1.84. The first kappa shape index (κ1) is 28.9. The molecule has 2 fully saturated rings. The number of nitrogens with two attached hydrogens (primary N) is 1. The minimum absolute atomic E-state index is 0.0450. The number of hydrogen-bond acceptors (Lipinski definition) is 4. The van der Waals surface area contributed by atoms with Crippen molar-refractivity contribution in [2.24, 2.45) is 5.73 Å². The van der Waals surface area contributed by atoms with Crippen molar-refractivity contribution < 1.29 is 31.9 Å². The fourth-order valence-electron chi connectivity index (χ4n) is 5.71. The van der Waals surface area contributed by atoms with Gasteiger partial charge in [-0.1, -0.05) is 18.2 Å². The normalized spacial score (nSPS) is 23.2. The predicted molar refractivity (Wildman–Crippen MR) is 139 cm³/mol. The number of ether oxygens (including phenoxy) is 1. The lowest BCUT2D eigenvalue weighted by Crippen LogP contribution is -2.53. The van der Waals surface area contributed by atoms with Gasteiger partial charge in [-0.3, -0.25) is 14.5 Å². The van der Waals surface area contributed by atoms with Crippen molar-refractivity contribution in [1.29, 1.82) is 0 Å². The first-order valence-corrected chi connectivity index (χ1v) is 13.0. The van der Waals surface area contributed by atoms with E-state index >= 15 is 4.39 Å². The van der Waals surface area contributed by atoms with Gasteiger partial charge in [0.1, 0.15) is 5.75 Å². The van der Waals surface area contributed by atoms with Crippen LogP contribution in [-0.4, -0.2) is 66.1 Å². The minimum atomic E-state index is -4.60. The van der Waals surface area contributed by atoms with Crippen LogP contribution in [0, 0.1) is 0 Å². The highest BCUT2D eigenvalue weighted by Gasteiger charge is 2.57. The van der Waals surface area contributed by atoms with Crippen molar-refractivity contribution in [1.82, 2.24) is 9.80 Å². The zero-order valence-electron chi connectivity index (χ0n) is 22.6. The average molecular weight is 550 g/mol. The Morgan fingerprint density at radius 2 is 1.64 bits per heavy atom. The van der Waals surface area contributed by atoms with Crippen molar-refractivity contribution >= 4 is 11.8 Å². The highest BCUT2D eigenvalue weighted by molar-refractivity contribution is 5.95. The molecule has 0 aromatic heterocycles. The lowest BCUT2D eigenvalue weighted by Gasteiger charge is -2.38. The van der Waals surface area contributed by atoms with E-state index in [1.165, 1.54) is 11.0 Å². The number of rotatable bonds is 5. The van der Waals surface area contributed by atoms with Gasteiger partial charge in [0.05, 0.1) is 12.7 Å². The summed E-state index contributed by atoms with van der Waals surface area (Å²) in [6, 6.07) is 10.1. The summed E-state index contributed by atoms with van der Waals surface area (Å²) in [6.45, 7) is 6.73. The Morgan fingerprint density at radius 1 is 1.03 bits per heavy atom. The van der Waals surface area contributed by atoms with E-state index in [4.69, 9.17) is 10.5 Å². The topological polar surface area (TPSA) is 75.9 Å². The van der Waals surface area contributed by atoms with Gasteiger partial charge in [-0.25, -0.2) is 4.39 Å². The van der Waals surface area contributed by atoms with Crippen LogP contribution in [0.5, 0.6) is 5.75 Å². The van der Waals surface area contributed by atoms with Crippen LogP contribution in [0.2, 0.25) is 0 Å². The van der Waals surface area contributed by atoms with Crippen LogP contribution in [0.1, 0.15) is 72.5 Å². The Labute approximate surface area is 226 Å². The molecular formula is C29H35F4N3O3. The Morgan fingerprint density at radius 3 is 2.15 bits per heavy atom. The van der Waals surface area contributed by atoms with Crippen LogP contribution < -0.4 is 10.5 Å². The molecule has 2 aromatic rings. The summed E-state index contributed by atoms with van der Waals surface area (Å²) in [5, 5.41) is 0. The van der Waals surface area contributed by atoms with Gasteiger partial charge in [0.15, 0.2) is 0 Å². The SMILES string of the molecule is COc1ccc([C@@H]2CN(C(C)(C)C)C[C@@]2(F)C(=O)N2CCC(c3ccc(C(F)(F)F)cc3C(N)=O)CC2)cc1. The summed E-state index contributed by atoms with van der Waals surface area (Å²) >= 11 is 0. The molecule has 2 aliphatic heterocycles. The molecule has 2 atom stereocenters. The van der Waals surface area contributed by atoms with E-state index in [1.807, 2.05) is 25.7 Å². The van der Waals surface area contributed by atoms with Crippen LogP contribution in [0.3, 0.4) is 0 Å². The lowest BCUT2D eigenvalue weighted by molar-refractivity contribution is -0.145. The van der Waals surface area contributed by atoms with Crippen molar-refractivity contribution in [3.05, 3.63) is 64.7 Å². The molecular weight excluding hydrogens is 514 g/mol. The second-order valence-electron chi connectivity index (χ2n) is 11.5. The summed E-state index contributed by atoms with van der Waals surface area (Å²) in [6.07, 6.45) is -3.84.